The van der Waals surface area contributed by atoms with Crippen molar-refractivity contribution in [1.82, 2.24) is 4.90 Å². The number of hydrogen-bond donors (Lipinski definition) is 1. The molecule has 0 aromatic carbocycles. The Hall–Kier alpha value is -1.06. The maximum atomic E-state index is 12.3. The highest BCUT2D eigenvalue weighted by molar-refractivity contribution is 5.78. The maximum absolute atomic E-state index is 12.3. The molecule has 0 aliphatic carbocycles. The van der Waals surface area contributed by atoms with Crippen LogP contribution in [0.5, 0.6) is 0 Å². The zero-order valence-corrected chi connectivity index (χ0v) is 12.6. The molecule has 1 fully saturated rings. The first kappa shape index (κ1) is 16.0. The lowest BCUT2D eigenvalue weighted by molar-refractivity contribution is -0.139. The Labute approximate surface area is 116 Å². The monoisotopic (exact) mass is 269 g/mol. The third-order valence-corrected chi connectivity index (χ3v) is 4.46. The number of carbonyl (C=O) groups is 2. The van der Waals surface area contributed by atoms with Crippen LogP contribution in [0.25, 0.3) is 0 Å². The smallest absolute Gasteiger partial charge is 0.303 e. The van der Waals surface area contributed by atoms with Gasteiger partial charge in [-0.05, 0) is 30.6 Å². The summed E-state index contributed by atoms with van der Waals surface area (Å²) in [6.07, 6.45) is 2.23. The van der Waals surface area contributed by atoms with Crippen LogP contribution < -0.4 is 0 Å². The van der Waals surface area contributed by atoms with Crippen molar-refractivity contribution in [3.05, 3.63) is 0 Å². The Kier molecular flexibility index (Phi) is 5.83. The minimum Gasteiger partial charge on any atom is -0.481 e. The molecule has 0 saturated carbocycles. The van der Waals surface area contributed by atoms with Crippen molar-refractivity contribution in [2.24, 2.45) is 23.7 Å². The Balaban J connectivity index is 2.59. The molecule has 3 atom stereocenters. The topological polar surface area (TPSA) is 57.6 Å². The van der Waals surface area contributed by atoms with Crippen molar-refractivity contribution in [2.75, 3.05) is 13.1 Å². The Morgan fingerprint density at radius 3 is 2.42 bits per heavy atom. The van der Waals surface area contributed by atoms with Gasteiger partial charge in [-0.15, -0.1) is 0 Å². The Bertz CT molecular complexity index is 327. The maximum Gasteiger partial charge on any atom is 0.303 e. The fourth-order valence-electron chi connectivity index (χ4n) is 2.69. The van der Waals surface area contributed by atoms with E-state index in [0.717, 1.165) is 25.9 Å². The van der Waals surface area contributed by atoms with Crippen molar-refractivity contribution < 1.29 is 14.7 Å². The third kappa shape index (κ3) is 4.51. The van der Waals surface area contributed by atoms with E-state index in [0.29, 0.717) is 11.8 Å². The highest BCUT2D eigenvalue weighted by Gasteiger charge is 2.30. The molecule has 0 aromatic rings. The highest BCUT2D eigenvalue weighted by Crippen LogP contribution is 2.27. The number of amides is 1. The summed E-state index contributed by atoms with van der Waals surface area (Å²) >= 11 is 0. The van der Waals surface area contributed by atoms with Gasteiger partial charge in [0.05, 0.1) is 0 Å². The molecule has 4 heteroatoms. The van der Waals surface area contributed by atoms with Gasteiger partial charge in [0.2, 0.25) is 5.91 Å². The first-order valence-electron chi connectivity index (χ1n) is 7.33. The van der Waals surface area contributed by atoms with Crippen LogP contribution in [0.1, 0.15) is 47.0 Å². The number of carboxylic acids is 1. The number of likely N-dealkylation sites (tertiary alicyclic amines) is 1. The summed E-state index contributed by atoms with van der Waals surface area (Å²) in [7, 11) is 0. The lowest BCUT2D eigenvalue weighted by Gasteiger charge is -2.37. The van der Waals surface area contributed by atoms with Crippen LogP contribution in [0.15, 0.2) is 0 Å². The van der Waals surface area contributed by atoms with Gasteiger partial charge >= 0.3 is 5.97 Å². The van der Waals surface area contributed by atoms with Crippen molar-refractivity contribution in [3.63, 3.8) is 0 Å². The van der Waals surface area contributed by atoms with Crippen molar-refractivity contribution >= 4 is 11.9 Å². The summed E-state index contributed by atoms with van der Waals surface area (Å²) < 4.78 is 0. The summed E-state index contributed by atoms with van der Waals surface area (Å²) in [5, 5.41) is 8.87. The molecule has 110 valence electrons. The molecule has 0 spiro atoms. The second-order valence-electron chi connectivity index (χ2n) is 6.29. The van der Waals surface area contributed by atoms with Gasteiger partial charge in [-0.3, -0.25) is 9.59 Å². The average molecular weight is 269 g/mol. The van der Waals surface area contributed by atoms with Crippen LogP contribution in [0.3, 0.4) is 0 Å². The van der Waals surface area contributed by atoms with Crippen LogP contribution in [0.2, 0.25) is 0 Å². The van der Waals surface area contributed by atoms with Crippen LogP contribution in [0, 0.1) is 23.7 Å². The van der Waals surface area contributed by atoms with Crippen LogP contribution >= 0.6 is 0 Å². The zero-order valence-electron chi connectivity index (χ0n) is 12.6. The standard InChI is InChI=1S/C15H27NO3/c1-10(2)12(4)15(19)16-7-5-6-13(9-16)11(3)8-14(17)18/h10-13H,5-9H2,1-4H3,(H,17,18). The number of nitrogens with zero attached hydrogens (tertiary/aromatic N) is 1. The number of carboxylic acid groups (broad SMARTS) is 1. The molecule has 1 aliphatic heterocycles. The first-order chi connectivity index (χ1) is 8.82. The molecular formula is C15H27NO3. The molecule has 0 bridgehead atoms. The second kappa shape index (κ2) is 6.92. The lowest BCUT2D eigenvalue weighted by Crippen LogP contribution is -2.45. The number of aliphatic carboxylic acids is 1. The number of rotatable bonds is 5. The lowest BCUT2D eigenvalue weighted by atomic mass is 9.84. The highest BCUT2D eigenvalue weighted by atomic mass is 16.4. The molecule has 19 heavy (non-hydrogen) atoms. The van der Waals surface area contributed by atoms with Crippen molar-refractivity contribution in [3.8, 4) is 0 Å². The van der Waals surface area contributed by atoms with Gasteiger partial charge in [0, 0.05) is 25.4 Å². The summed E-state index contributed by atoms with van der Waals surface area (Å²) in [6, 6.07) is 0. The first-order valence-corrected chi connectivity index (χ1v) is 7.33. The fraction of sp³-hybridized carbons (Fsp3) is 0.867. The van der Waals surface area contributed by atoms with E-state index in [1.807, 2.05) is 18.7 Å². The zero-order chi connectivity index (χ0) is 14.6. The molecule has 1 N–H and O–H groups in total. The summed E-state index contributed by atoms with van der Waals surface area (Å²) in [5.74, 6) is 0.349. The molecule has 3 unspecified atom stereocenters. The predicted octanol–water partition coefficient (Wildman–Crippen LogP) is 2.63. The third-order valence-electron chi connectivity index (χ3n) is 4.46. The van der Waals surface area contributed by atoms with Gasteiger partial charge in [0.15, 0.2) is 0 Å². The minimum atomic E-state index is -0.744. The Morgan fingerprint density at radius 2 is 1.89 bits per heavy atom. The molecular weight excluding hydrogens is 242 g/mol. The van der Waals surface area contributed by atoms with E-state index in [-0.39, 0.29) is 24.2 Å². The van der Waals surface area contributed by atoms with E-state index in [1.54, 1.807) is 0 Å². The molecule has 0 aromatic heterocycles. The van der Waals surface area contributed by atoms with Gasteiger partial charge in [-0.2, -0.15) is 0 Å². The summed E-state index contributed by atoms with van der Waals surface area (Å²) in [5.41, 5.74) is 0. The molecule has 1 heterocycles. The average Bonchev–Trinajstić information content (AvgIpc) is 2.36. The van der Waals surface area contributed by atoms with Crippen molar-refractivity contribution in [1.29, 1.82) is 0 Å². The molecule has 4 nitrogen and oxygen atoms in total. The van der Waals surface area contributed by atoms with Gasteiger partial charge < -0.3 is 10.0 Å². The van der Waals surface area contributed by atoms with Gasteiger partial charge in [0.25, 0.3) is 0 Å². The minimum absolute atomic E-state index is 0.0496. The van der Waals surface area contributed by atoms with E-state index >= 15 is 0 Å². The summed E-state index contributed by atoms with van der Waals surface area (Å²) in [6.45, 7) is 9.65. The van der Waals surface area contributed by atoms with Gasteiger partial charge in [-0.1, -0.05) is 27.7 Å². The Morgan fingerprint density at radius 1 is 1.26 bits per heavy atom. The van der Waals surface area contributed by atoms with Gasteiger partial charge in [0.1, 0.15) is 0 Å². The van der Waals surface area contributed by atoms with Gasteiger partial charge in [-0.25, -0.2) is 0 Å². The number of hydrogen-bond acceptors (Lipinski definition) is 2. The van der Waals surface area contributed by atoms with Crippen LogP contribution in [-0.4, -0.2) is 35.0 Å². The fourth-order valence-corrected chi connectivity index (χ4v) is 2.69. The second-order valence-corrected chi connectivity index (χ2v) is 6.29. The van der Waals surface area contributed by atoms with Crippen molar-refractivity contribution in [2.45, 2.75) is 47.0 Å². The van der Waals surface area contributed by atoms with E-state index in [9.17, 15) is 9.59 Å². The number of carbonyl (C=O) groups excluding carboxylic acids is 1. The largest absolute Gasteiger partial charge is 0.481 e. The normalized spacial score (nSPS) is 23.2. The van der Waals surface area contributed by atoms with E-state index in [1.165, 1.54) is 0 Å². The molecule has 1 saturated heterocycles. The molecule has 0 radical (unpaired) electrons. The predicted molar refractivity (Wildman–Crippen MR) is 74.7 cm³/mol. The molecule has 1 rings (SSSR count). The number of piperidine rings is 1. The van der Waals surface area contributed by atoms with Crippen LogP contribution in [-0.2, 0) is 9.59 Å². The van der Waals surface area contributed by atoms with Crippen LogP contribution in [0.4, 0.5) is 0 Å². The molecule has 1 aliphatic rings. The SMILES string of the molecule is CC(C)C(C)C(=O)N1CCCC(C(C)CC(=O)O)C1. The van der Waals surface area contributed by atoms with E-state index in [4.69, 9.17) is 5.11 Å². The summed E-state index contributed by atoms with van der Waals surface area (Å²) in [4.78, 5) is 25.1. The van der Waals surface area contributed by atoms with E-state index < -0.39 is 5.97 Å². The quantitative estimate of drug-likeness (QED) is 0.834. The molecule has 1 amide bonds. The van der Waals surface area contributed by atoms with E-state index in [2.05, 4.69) is 13.8 Å².